The molecule has 1 aromatic carbocycles. The summed E-state index contributed by atoms with van der Waals surface area (Å²) in [6.45, 7) is 6.78. The summed E-state index contributed by atoms with van der Waals surface area (Å²) < 4.78 is 29.9. The zero-order valence-corrected chi connectivity index (χ0v) is 16.5. The summed E-state index contributed by atoms with van der Waals surface area (Å²) in [5.74, 6) is 0. The number of sulfonamides is 1. The van der Waals surface area contributed by atoms with Crippen molar-refractivity contribution in [2.75, 3.05) is 26.2 Å². The van der Waals surface area contributed by atoms with E-state index in [0.29, 0.717) is 11.4 Å². The molecule has 8 heteroatoms. The average Bonchev–Trinajstić information content (AvgIpc) is 3.31. The molecule has 0 radical (unpaired) electrons. The van der Waals surface area contributed by atoms with Crippen LogP contribution in [0.1, 0.15) is 18.9 Å². The SMILES string of the molecule is CCn1cc(CNC[C@@H]2CN(S(=O)(=O)c3ccccc3)[C@H]3CCN2C3)cn1. The third kappa shape index (κ3) is 3.80. The topological polar surface area (TPSA) is 70.5 Å². The summed E-state index contributed by atoms with van der Waals surface area (Å²) in [5.41, 5.74) is 1.15. The predicted molar refractivity (Wildman–Crippen MR) is 104 cm³/mol. The highest BCUT2D eigenvalue weighted by atomic mass is 32.2. The van der Waals surface area contributed by atoms with Gasteiger partial charge >= 0.3 is 0 Å². The molecule has 0 aliphatic carbocycles. The summed E-state index contributed by atoms with van der Waals surface area (Å²) in [5, 5.41) is 7.78. The van der Waals surface area contributed by atoms with E-state index >= 15 is 0 Å². The lowest BCUT2D eigenvalue weighted by Gasteiger charge is -2.39. The monoisotopic (exact) mass is 389 g/mol. The molecule has 1 unspecified atom stereocenters. The molecule has 3 heterocycles. The van der Waals surface area contributed by atoms with Gasteiger partial charge < -0.3 is 5.32 Å². The summed E-state index contributed by atoms with van der Waals surface area (Å²) >= 11 is 0. The lowest BCUT2D eigenvalue weighted by molar-refractivity contribution is 0.141. The van der Waals surface area contributed by atoms with Crippen molar-refractivity contribution in [1.82, 2.24) is 24.3 Å². The Morgan fingerprint density at radius 2 is 2.04 bits per heavy atom. The number of fused-ring (bicyclic) bond motifs is 2. The maximum absolute atomic E-state index is 13.1. The zero-order valence-electron chi connectivity index (χ0n) is 15.7. The van der Waals surface area contributed by atoms with E-state index in [2.05, 4.69) is 22.2 Å². The van der Waals surface area contributed by atoms with Crippen LogP contribution in [0.25, 0.3) is 0 Å². The minimum Gasteiger partial charge on any atom is -0.311 e. The molecule has 2 saturated heterocycles. The van der Waals surface area contributed by atoms with E-state index < -0.39 is 10.0 Å². The van der Waals surface area contributed by atoms with Gasteiger partial charge in [0.2, 0.25) is 10.0 Å². The highest BCUT2D eigenvalue weighted by Gasteiger charge is 2.43. The van der Waals surface area contributed by atoms with Crippen molar-refractivity contribution in [2.24, 2.45) is 0 Å². The molecule has 27 heavy (non-hydrogen) atoms. The molecule has 3 atom stereocenters. The summed E-state index contributed by atoms with van der Waals surface area (Å²) in [4.78, 5) is 2.81. The Hall–Kier alpha value is -1.74. The van der Waals surface area contributed by atoms with Crippen molar-refractivity contribution in [1.29, 1.82) is 0 Å². The van der Waals surface area contributed by atoms with Gasteiger partial charge in [0.25, 0.3) is 0 Å². The third-order valence-electron chi connectivity index (χ3n) is 5.58. The molecular formula is C19H27N5O2S. The maximum atomic E-state index is 13.1. The molecule has 146 valence electrons. The average molecular weight is 390 g/mol. The van der Waals surface area contributed by atoms with Gasteiger partial charge in [0, 0.05) is 63.1 Å². The van der Waals surface area contributed by atoms with Crippen LogP contribution in [0, 0.1) is 0 Å². The minimum absolute atomic E-state index is 0.0919. The van der Waals surface area contributed by atoms with Crippen LogP contribution in [0.2, 0.25) is 0 Å². The van der Waals surface area contributed by atoms with Crippen LogP contribution < -0.4 is 5.32 Å². The van der Waals surface area contributed by atoms with Crippen LogP contribution >= 0.6 is 0 Å². The lowest BCUT2D eigenvalue weighted by atomic mass is 10.2. The van der Waals surface area contributed by atoms with E-state index in [-0.39, 0.29) is 12.1 Å². The fraction of sp³-hybridized carbons (Fsp3) is 0.526. The highest BCUT2D eigenvalue weighted by molar-refractivity contribution is 7.89. The fourth-order valence-corrected chi connectivity index (χ4v) is 5.78. The largest absolute Gasteiger partial charge is 0.311 e. The first-order valence-corrected chi connectivity index (χ1v) is 11.0. The van der Waals surface area contributed by atoms with Gasteiger partial charge in [-0.25, -0.2) is 8.42 Å². The van der Waals surface area contributed by atoms with E-state index in [0.717, 1.165) is 44.7 Å². The van der Waals surface area contributed by atoms with Gasteiger partial charge in [-0.05, 0) is 25.5 Å². The van der Waals surface area contributed by atoms with E-state index in [4.69, 9.17) is 0 Å². The van der Waals surface area contributed by atoms with Crippen molar-refractivity contribution in [3.63, 3.8) is 0 Å². The van der Waals surface area contributed by atoms with Crippen LogP contribution in [0.4, 0.5) is 0 Å². The molecule has 2 aliphatic heterocycles. The second-order valence-corrected chi connectivity index (χ2v) is 9.20. The van der Waals surface area contributed by atoms with Crippen LogP contribution in [-0.4, -0.2) is 65.7 Å². The van der Waals surface area contributed by atoms with E-state index in [1.165, 1.54) is 0 Å². The molecule has 2 aliphatic rings. The van der Waals surface area contributed by atoms with Crippen LogP contribution in [0.5, 0.6) is 0 Å². The number of nitrogens with zero attached hydrogens (tertiary/aromatic N) is 4. The second-order valence-electron chi connectivity index (χ2n) is 7.31. The van der Waals surface area contributed by atoms with Crippen molar-refractivity contribution < 1.29 is 8.42 Å². The zero-order chi connectivity index (χ0) is 18.9. The van der Waals surface area contributed by atoms with Crippen molar-refractivity contribution in [3.8, 4) is 0 Å². The van der Waals surface area contributed by atoms with Crippen LogP contribution in [0.15, 0.2) is 47.6 Å². The first-order valence-electron chi connectivity index (χ1n) is 9.61. The van der Waals surface area contributed by atoms with Gasteiger partial charge in [0.1, 0.15) is 0 Å². The Kier molecular flexibility index (Phi) is 5.32. The normalized spacial score (nSPS) is 25.7. The predicted octanol–water partition coefficient (Wildman–Crippen LogP) is 1.14. The Balaban J connectivity index is 1.42. The second kappa shape index (κ2) is 7.71. The number of aryl methyl sites for hydroxylation is 1. The molecule has 0 spiro atoms. The lowest BCUT2D eigenvalue weighted by Crippen LogP contribution is -2.57. The first-order chi connectivity index (χ1) is 13.1. The number of rotatable bonds is 7. The van der Waals surface area contributed by atoms with E-state index in [1.54, 1.807) is 28.6 Å². The van der Waals surface area contributed by atoms with Gasteiger partial charge in [-0.1, -0.05) is 18.2 Å². The van der Waals surface area contributed by atoms with Gasteiger partial charge in [-0.3, -0.25) is 9.58 Å². The molecule has 4 rings (SSSR count). The van der Waals surface area contributed by atoms with Crippen LogP contribution in [0.3, 0.4) is 0 Å². The highest BCUT2D eigenvalue weighted by Crippen LogP contribution is 2.30. The molecule has 2 fully saturated rings. The molecule has 1 aromatic heterocycles. The number of hydrogen-bond donors (Lipinski definition) is 1. The van der Waals surface area contributed by atoms with Gasteiger partial charge in [-0.15, -0.1) is 0 Å². The number of nitrogens with one attached hydrogen (secondary N) is 1. The van der Waals surface area contributed by atoms with Crippen LogP contribution in [-0.2, 0) is 23.1 Å². The Morgan fingerprint density at radius 1 is 1.22 bits per heavy atom. The fourth-order valence-electron chi connectivity index (χ4n) is 4.08. The quantitative estimate of drug-likeness (QED) is 0.769. The summed E-state index contributed by atoms with van der Waals surface area (Å²) in [7, 11) is -3.44. The Morgan fingerprint density at radius 3 is 2.78 bits per heavy atom. The molecule has 2 aromatic rings. The maximum Gasteiger partial charge on any atom is 0.243 e. The number of aromatic nitrogens is 2. The van der Waals surface area contributed by atoms with Crippen molar-refractivity contribution >= 4 is 10.0 Å². The standard InChI is InChI=1S/C19H27N5O2S/c1-2-23-13-16(11-21-23)10-20-12-18-15-24(17-8-9-22(18)14-17)27(25,26)19-6-4-3-5-7-19/h3-7,11,13,17-18,20H,2,8-10,12,14-15H2,1H3/t17-,18+/m0/s1. The number of benzene rings is 1. The van der Waals surface area contributed by atoms with E-state index in [9.17, 15) is 8.42 Å². The summed E-state index contributed by atoms with van der Waals surface area (Å²) in [6.07, 6.45) is 4.84. The third-order valence-corrected chi connectivity index (χ3v) is 7.51. The van der Waals surface area contributed by atoms with Crippen molar-refractivity contribution in [3.05, 3.63) is 48.3 Å². The van der Waals surface area contributed by atoms with Crippen molar-refractivity contribution in [2.45, 2.75) is 43.4 Å². The van der Waals surface area contributed by atoms with Gasteiger partial charge in [0.05, 0.1) is 11.1 Å². The molecule has 1 N–H and O–H groups in total. The summed E-state index contributed by atoms with van der Waals surface area (Å²) in [6, 6.07) is 9.09. The number of hydrogen-bond acceptors (Lipinski definition) is 5. The number of piperazine rings is 1. The molecule has 0 amide bonds. The van der Waals surface area contributed by atoms with Gasteiger partial charge in [-0.2, -0.15) is 9.40 Å². The van der Waals surface area contributed by atoms with E-state index in [1.807, 2.05) is 23.1 Å². The molecule has 7 nitrogen and oxygen atoms in total. The Bertz CT molecular complexity index is 867. The molecule has 0 saturated carbocycles. The smallest absolute Gasteiger partial charge is 0.243 e. The van der Waals surface area contributed by atoms with Gasteiger partial charge in [0.15, 0.2) is 0 Å². The minimum atomic E-state index is -3.44. The first kappa shape index (κ1) is 18.6. The molecular weight excluding hydrogens is 362 g/mol. The molecule has 2 bridgehead atoms. The Labute approximate surface area is 161 Å².